The van der Waals surface area contributed by atoms with Crippen molar-refractivity contribution in [1.29, 1.82) is 0 Å². The molecule has 0 radical (unpaired) electrons. The van der Waals surface area contributed by atoms with Crippen LogP contribution in [0.5, 0.6) is 0 Å². The molecule has 0 aliphatic heterocycles. The summed E-state index contributed by atoms with van der Waals surface area (Å²) < 4.78 is 2.21. The molecule has 1 aliphatic carbocycles. The Balaban J connectivity index is 1.44. The number of nitrogens with two attached hydrogens (primary N) is 2. The largest absolute Gasteiger partial charge is 0.369 e. The van der Waals surface area contributed by atoms with E-state index in [0.717, 1.165) is 26.0 Å². The monoisotopic (exact) mass is 696 g/mol. The van der Waals surface area contributed by atoms with Crippen LogP contribution in [0.2, 0.25) is 0 Å². The standard InChI is InChI=1S/C22H23Br3N10O2/c23-9-2-13(28-5-9)19(36)29-4-8-1-12-17(35-22(27)33-12)16(15-7-31-21(26)34-15)10(8)6-30-20(37)14-3-11(24)18(25)32-14/h2-3,5,7-8,10,16,28,32H,1,4,6H2,(H,29,36)(H,30,37)(H3,26,31,34)(H3,27,33,35)/t8-,10-,16-/m1/s1. The number of nitrogens with one attached hydrogen (secondary N) is 6. The number of fused-ring (bicyclic) bond motifs is 1. The third kappa shape index (κ3) is 5.33. The number of nitrogen functional groups attached to an aromatic ring is 2. The van der Waals surface area contributed by atoms with Crippen LogP contribution in [0.25, 0.3) is 0 Å². The lowest BCUT2D eigenvalue weighted by molar-refractivity contribution is 0.0906. The summed E-state index contributed by atoms with van der Waals surface area (Å²) >= 11 is 10.1. The first-order valence-electron chi connectivity index (χ1n) is 11.3. The number of anilines is 2. The second-order valence-corrected chi connectivity index (χ2v) is 11.4. The van der Waals surface area contributed by atoms with Gasteiger partial charge in [0, 0.05) is 41.1 Å². The highest BCUT2D eigenvalue weighted by Crippen LogP contribution is 2.42. The van der Waals surface area contributed by atoms with Crippen LogP contribution in [0.3, 0.4) is 0 Å². The lowest BCUT2D eigenvalue weighted by Gasteiger charge is -2.37. The zero-order valence-corrected chi connectivity index (χ0v) is 23.9. The Morgan fingerprint density at radius 1 is 1.00 bits per heavy atom. The van der Waals surface area contributed by atoms with Gasteiger partial charge in [-0.05, 0) is 78.2 Å². The molecule has 3 atom stereocenters. The van der Waals surface area contributed by atoms with E-state index in [1.54, 1.807) is 24.5 Å². The van der Waals surface area contributed by atoms with Crippen molar-refractivity contribution in [2.45, 2.75) is 12.3 Å². The van der Waals surface area contributed by atoms with Crippen molar-refractivity contribution in [3.05, 3.63) is 66.5 Å². The van der Waals surface area contributed by atoms with Crippen LogP contribution in [0.4, 0.5) is 11.9 Å². The molecule has 15 heteroatoms. The summed E-state index contributed by atoms with van der Waals surface area (Å²) in [6, 6.07) is 3.41. The van der Waals surface area contributed by atoms with Crippen molar-refractivity contribution in [2.75, 3.05) is 24.6 Å². The Kier molecular flexibility index (Phi) is 7.18. The molecule has 4 aromatic heterocycles. The zero-order chi connectivity index (χ0) is 26.3. The van der Waals surface area contributed by atoms with Gasteiger partial charge in [-0.25, -0.2) is 9.97 Å². The van der Waals surface area contributed by atoms with E-state index in [9.17, 15) is 9.59 Å². The zero-order valence-electron chi connectivity index (χ0n) is 19.2. The lowest BCUT2D eigenvalue weighted by atomic mass is 9.71. The van der Waals surface area contributed by atoms with Crippen molar-refractivity contribution in [3.8, 4) is 0 Å². The van der Waals surface area contributed by atoms with Crippen LogP contribution in [-0.2, 0) is 6.42 Å². The van der Waals surface area contributed by atoms with E-state index in [1.165, 1.54) is 0 Å². The summed E-state index contributed by atoms with van der Waals surface area (Å²) in [7, 11) is 0. The maximum atomic E-state index is 13.0. The molecular weight excluding hydrogens is 676 g/mol. The number of hydrogen-bond acceptors (Lipinski definition) is 6. The van der Waals surface area contributed by atoms with Crippen molar-refractivity contribution >= 4 is 71.5 Å². The number of carbonyl (C=O) groups is 2. The average Bonchev–Trinajstić information content (AvgIpc) is 3.63. The molecule has 0 spiro atoms. The van der Waals surface area contributed by atoms with Gasteiger partial charge in [0.15, 0.2) is 11.9 Å². The first-order chi connectivity index (χ1) is 17.7. The number of aromatic amines is 4. The number of H-pyrrole nitrogens is 4. The summed E-state index contributed by atoms with van der Waals surface area (Å²) in [5, 5.41) is 6.05. The van der Waals surface area contributed by atoms with Gasteiger partial charge in [-0.1, -0.05) is 0 Å². The number of amides is 2. The van der Waals surface area contributed by atoms with Crippen molar-refractivity contribution < 1.29 is 9.59 Å². The number of halogens is 3. The molecular formula is C22H23Br3N10O2. The Morgan fingerprint density at radius 2 is 1.76 bits per heavy atom. The van der Waals surface area contributed by atoms with E-state index in [1.807, 2.05) is 0 Å². The van der Waals surface area contributed by atoms with Crippen LogP contribution >= 0.6 is 47.8 Å². The first-order valence-corrected chi connectivity index (χ1v) is 13.7. The highest BCUT2D eigenvalue weighted by molar-refractivity contribution is 9.13. The van der Waals surface area contributed by atoms with Crippen LogP contribution in [0.1, 0.15) is 44.0 Å². The molecule has 0 saturated carbocycles. The second kappa shape index (κ2) is 10.4. The Labute approximate surface area is 235 Å². The maximum absolute atomic E-state index is 13.0. The van der Waals surface area contributed by atoms with E-state index in [2.05, 4.69) is 88.3 Å². The summed E-state index contributed by atoms with van der Waals surface area (Å²) in [5.41, 5.74) is 15.2. The molecule has 12 nitrogen and oxygen atoms in total. The molecule has 5 rings (SSSR count). The molecule has 4 heterocycles. The Bertz CT molecular complexity index is 1430. The normalized spacial score (nSPS) is 18.9. The number of rotatable bonds is 7. The molecule has 0 saturated heterocycles. The second-order valence-electron chi connectivity index (χ2n) is 8.81. The summed E-state index contributed by atoms with van der Waals surface area (Å²) in [5.74, 6) is -0.439. The smallest absolute Gasteiger partial charge is 0.267 e. The van der Waals surface area contributed by atoms with Crippen LogP contribution in [-0.4, -0.2) is 54.8 Å². The number of nitrogens with zero attached hydrogens (tertiary/aromatic N) is 2. The molecule has 194 valence electrons. The molecule has 2 amide bonds. The van der Waals surface area contributed by atoms with Crippen molar-refractivity contribution in [3.63, 3.8) is 0 Å². The number of aromatic nitrogens is 6. The van der Waals surface area contributed by atoms with Crippen molar-refractivity contribution in [2.24, 2.45) is 11.8 Å². The number of carbonyl (C=O) groups excluding carboxylic acids is 2. The highest BCUT2D eigenvalue weighted by Gasteiger charge is 2.41. The van der Waals surface area contributed by atoms with Crippen LogP contribution in [0.15, 0.2) is 38.1 Å². The summed E-state index contributed by atoms with van der Waals surface area (Å²) in [4.78, 5) is 46.6. The Hall–Kier alpha value is -3.04. The molecule has 0 bridgehead atoms. The lowest BCUT2D eigenvalue weighted by Crippen LogP contribution is -2.44. The number of hydrogen-bond donors (Lipinski definition) is 8. The fourth-order valence-corrected chi connectivity index (χ4v) is 5.80. The Morgan fingerprint density at radius 3 is 2.41 bits per heavy atom. The minimum atomic E-state index is -0.276. The van der Waals surface area contributed by atoms with E-state index in [4.69, 9.17) is 11.5 Å². The molecule has 0 unspecified atom stereocenters. The minimum absolute atomic E-state index is 0.0884. The molecule has 0 aromatic carbocycles. The van der Waals surface area contributed by atoms with Gasteiger partial charge in [0.2, 0.25) is 0 Å². The van der Waals surface area contributed by atoms with Gasteiger partial charge in [-0.15, -0.1) is 0 Å². The van der Waals surface area contributed by atoms with Gasteiger partial charge in [-0.2, -0.15) is 0 Å². The molecule has 1 aliphatic rings. The van der Waals surface area contributed by atoms with E-state index < -0.39 is 0 Å². The van der Waals surface area contributed by atoms with E-state index in [0.29, 0.717) is 41.4 Å². The molecule has 10 N–H and O–H groups in total. The predicted octanol–water partition coefficient (Wildman–Crippen LogP) is 3.02. The number of imidazole rings is 2. The molecule has 37 heavy (non-hydrogen) atoms. The first kappa shape index (κ1) is 25.6. The minimum Gasteiger partial charge on any atom is -0.369 e. The van der Waals surface area contributed by atoms with Gasteiger partial charge in [0.1, 0.15) is 11.4 Å². The van der Waals surface area contributed by atoms with E-state index >= 15 is 0 Å². The third-order valence-electron chi connectivity index (χ3n) is 6.46. The van der Waals surface area contributed by atoms with E-state index in [-0.39, 0.29) is 35.5 Å². The van der Waals surface area contributed by atoms with Crippen LogP contribution in [0, 0.1) is 11.8 Å². The van der Waals surface area contributed by atoms with Gasteiger partial charge >= 0.3 is 0 Å². The summed E-state index contributed by atoms with van der Waals surface area (Å²) in [6.45, 7) is 0.658. The fraction of sp³-hybridized carbons (Fsp3) is 0.273. The fourth-order valence-electron chi connectivity index (χ4n) is 4.80. The third-order valence-corrected chi connectivity index (χ3v) is 8.71. The molecule has 4 aromatic rings. The predicted molar refractivity (Wildman–Crippen MR) is 148 cm³/mol. The van der Waals surface area contributed by atoms with Gasteiger partial charge in [-0.3, -0.25) is 9.59 Å². The summed E-state index contributed by atoms with van der Waals surface area (Å²) in [6.07, 6.45) is 3.92. The van der Waals surface area contributed by atoms with Gasteiger partial charge in [0.25, 0.3) is 11.8 Å². The maximum Gasteiger partial charge on any atom is 0.267 e. The topological polar surface area (TPSA) is 199 Å². The van der Waals surface area contributed by atoms with Crippen molar-refractivity contribution in [1.82, 2.24) is 40.5 Å². The van der Waals surface area contributed by atoms with Gasteiger partial charge in [0.05, 0.1) is 21.0 Å². The molecule has 0 fully saturated rings. The van der Waals surface area contributed by atoms with Gasteiger partial charge < -0.3 is 42.0 Å². The average molecular weight is 699 g/mol. The highest BCUT2D eigenvalue weighted by atomic mass is 79.9. The SMILES string of the molecule is Nc1ncc([C@@H]2c3[nH]c(N)nc3C[C@H](CNC(=O)c3cc(Br)c[nH]3)[C@H]2CNC(=O)c2cc(Br)c(Br)[nH]2)[nH]1. The quantitative estimate of drug-likeness (QED) is 0.146. The van der Waals surface area contributed by atoms with Crippen LogP contribution < -0.4 is 22.1 Å².